The van der Waals surface area contributed by atoms with E-state index in [1.165, 1.54) is 0 Å². The van der Waals surface area contributed by atoms with Crippen LogP contribution >= 0.6 is 0 Å². The molecule has 30 heavy (non-hydrogen) atoms. The molecule has 0 aliphatic heterocycles. The van der Waals surface area contributed by atoms with Gasteiger partial charge in [-0.25, -0.2) is 0 Å². The van der Waals surface area contributed by atoms with Gasteiger partial charge in [0.05, 0.1) is 6.04 Å². The second-order valence-corrected chi connectivity index (χ2v) is 7.31. The molecule has 0 aliphatic rings. The third-order valence-corrected chi connectivity index (χ3v) is 5.36. The van der Waals surface area contributed by atoms with Crippen LogP contribution in [0.2, 0.25) is 0 Å². The van der Waals surface area contributed by atoms with Crippen LogP contribution in [0.1, 0.15) is 34.5 Å². The summed E-state index contributed by atoms with van der Waals surface area (Å²) in [6.45, 7) is 4.03. The summed E-state index contributed by atoms with van der Waals surface area (Å²) < 4.78 is 5.86. The van der Waals surface area contributed by atoms with Crippen molar-refractivity contribution in [2.75, 3.05) is 7.05 Å². The second-order valence-electron chi connectivity index (χ2n) is 7.31. The first-order chi connectivity index (χ1) is 14.5. The predicted octanol–water partition coefficient (Wildman–Crippen LogP) is 5.55. The first-order valence-electron chi connectivity index (χ1n) is 9.86. The first kappa shape index (κ1) is 19.6. The van der Waals surface area contributed by atoms with E-state index in [1.807, 2.05) is 87.6 Å². The fourth-order valence-electron chi connectivity index (χ4n) is 3.35. The molecule has 0 spiro atoms. The molecule has 5 heteroatoms. The Labute approximate surface area is 176 Å². The molecule has 4 rings (SSSR count). The topological polar surface area (TPSA) is 59.2 Å². The standard InChI is InChI=1S/C25H23N3O2/c1-17-9-7-8-12-22(17)24-27-26-23(30-24)20-13-15-21(16-14-20)25(29)28(3)18(2)19-10-5-4-6-11-19/h4-16,18H,1-3H3/t18-/m0/s1. The van der Waals surface area contributed by atoms with Crippen molar-refractivity contribution in [3.63, 3.8) is 0 Å². The second kappa shape index (κ2) is 8.33. The van der Waals surface area contributed by atoms with E-state index >= 15 is 0 Å². The minimum Gasteiger partial charge on any atom is -0.416 e. The van der Waals surface area contributed by atoms with Gasteiger partial charge in [0.2, 0.25) is 11.8 Å². The number of aromatic nitrogens is 2. The van der Waals surface area contributed by atoms with Gasteiger partial charge in [-0.15, -0.1) is 10.2 Å². The Kier molecular flexibility index (Phi) is 5.44. The fraction of sp³-hybridized carbons (Fsp3) is 0.160. The number of nitrogens with zero attached hydrogens (tertiary/aromatic N) is 3. The minimum atomic E-state index is -0.0379. The average Bonchev–Trinajstić information content (AvgIpc) is 3.28. The minimum absolute atomic E-state index is 0.0222. The van der Waals surface area contributed by atoms with Gasteiger partial charge < -0.3 is 9.32 Å². The first-order valence-corrected chi connectivity index (χ1v) is 9.86. The van der Waals surface area contributed by atoms with Gasteiger partial charge in [-0.2, -0.15) is 0 Å². The smallest absolute Gasteiger partial charge is 0.254 e. The van der Waals surface area contributed by atoms with Crippen LogP contribution in [0.4, 0.5) is 0 Å². The van der Waals surface area contributed by atoms with E-state index in [1.54, 1.807) is 17.0 Å². The molecule has 3 aromatic carbocycles. The molecule has 0 saturated heterocycles. The summed E-state index contributed by atoms with van der Waals surface area (Å²) in [6.07, 6.45) is 0. The number of carbonyl (C=O) groups excluding carboxylic acids is 1. The van der Waals surface area contributed by atoms with E-state index in [0.717, 1.165) is 22.3 Å². The zero-order valence-corrected chi connectivity index (χ0v) is 17.2. The molecule has 0 bridgehead atoms. The predicted molar refractivity (Wildman–Crippen MR) is 117 cm³/mol. The van der Waals surface area contributed by atoms with Crippen LogP contribution in [0.3, 0.4) is 0 Å². The molecule has 1 heterocycles. The summed E-state index contributed by atoms with van der Waals surface area (Å²) >= 11 is 0. The van der Waals surface area contributed by atoms with Crippen LogP contribution in [0.25, 0.3) is 22.9 Å². The molecular formula is C25H23N3O2. The highest BCUT2D eigenvalue weighted by atomic mass is 16.4. The number of carbonyl (C=O) groups is 1. The monoisotopic (exact) mass is 397 g/mol. The van der Waals surface area contributed by atoms with E-state index in [4.69, 9.17) is 4.42 Å². The molecule has 0 N–H and O–H groups in total. The van der Waals surface area contributed by atoms with E-state index < -0.39 is 0 Å². The maximum atomic E-state index is 12.9. The van der Waals surface area contributed by atoms with Crippen molar-refractivity contribution >= 4 is 5.91 Å². The maximum Gasteiger partial charge on any atom is 0.254 e. The molecule has 5 nitrogen and oxygen atoms in total. The van der Waals surface area contributed by atoms with Crippen molar-refractivity contribution in [2.24, 2.45) is 0 Å². The van der Waals surface area contributed by atoms with E-state index in [0.29, 0.717) is 17.3 Å². The molecule has 0 fully saturated rings. The molecule has 4 aromatic rings. The van der Waals surface area contributed by atoms with Gasteiger partial charge >= 0.3 is 0 Å². The molecule has 0 aliphatic carbocycles. The number of benzene rings is 3. The highest BCUT2D eigenvalue weighted by molar-refractivity contribution is 5.94. The van der Waals surface area contributed by atoms with Crippen molar-refractivity contribution in [1.29, 1.82) is 0 Å². The lowest BCUT2D eigenvalue weighted by molar-refractivity contribution is 0.0742. The van der Waals surface area contributed by atoms with Crippen LogP contribution in [-0.2, 0) is 0 Å². The molecule has 150 valence electrons. The Hall–Kier alpha value is -3.73. The van der Waals surface area contributed by atoms with Gasteiger partial charge in [0, 0.05) is 23.7 Å². The third kappa shape index (κ3) is 3.87. The Morgan fingerprint density at radius 1 is 0.867 bits per heavy atom. The normalized spacial score (nSPS) is 11.8. The van der Waals surface area contributed by atoms with E-state index in [9.17, 15) is 4.79 Å². The van der Waals surface area contributed by atoms with Gasteiger partial charge in [-0.3, -0.25) is 4.79 Å². The van der Waals surface area contributed by atoms with E-state index in [2.05, 4.69) is 10.2 Å². The summed E-state index contributed by atoms with van der Waals surface area (Å²) in [6, 6.07) is 25.1. The number of hydrogen-bond acceptors (Lipinski definition) is 4. The van der Waals surface area contributed by atoms with Crippen LogP contribution in [0.15, 0.2) is 83.3 Å². The summed E-state index contributed by atoms with van der Waals surface area (Å²) in [5.74, 6) is 0.877. The van der Waals surface area contributed by atoms with Crippen LogP contribution < -0.4 is 0 Å². The largest absolute Gasteiger partial charge is 0.416 e. The quantitative estimate of drug-likeness (QED) is 0.443. The van der Waals surface area contributed by atoms with Gasteiger partial charge in [0.25, 0.3) is 5.91 Å². The van der Waals surface area contributed by atoms with Crippen LogP contribution in [0.5, 0.6) is 0 Å². The zero-order valence-electron chi connectivity index (χ0n) is 17.2. The van der Waals surface area contributed by atoms with Crippen molar-refractivity contribution in [3.8, 4) is 22.9 Å². The van der Waals surface area contributed by atoms with Crippen molar-refractivity contribution in [1.82, 2.24) is 15.1 Å². The van der Waals surface area contributed by atoms with Crippen LogP contribution in [0, 0.1) is 6.92 Å². The molecule has 0 saturated carbocycles. The Bertz CT molecular complexity index is 1150. The molecule has 1 amide bonds. The lowest BCUT2D eigenvalue weighted by Gasteiger charge is -2.25. The van der Waals surface area contributed by atoms with Crippen LogP contribution in [-0.4, -0.2) is 28.1 Å². The summed E-state index contributed by atoms with van der Waals surface area (Å²) in [5, 5.41) is 8.34. The number of aryl methyl sites for hydroxylation is 1. The van der Waals surface area contributed by atoms with Gasteiger partial charge in [-0.1, -0.05) is 48.5 Å². The lowest BCUT2D eigenvalue weighted by atomic mass is 10.1. The summed E-state index contributed by atoms with van der Waals surface area (Å²) in [7, 11) is 1.82. The molecular weight excluding hydrogens is 374 g/mol. The van der Waals surface area contributed by atoms with Crippen molar-refractivity contribution < 1.29 is 9.21 Å². The number of rotatable bonds is 5. The average molecular weight is 397 g/mol. The molecule has 0 unspecified atom stereocenters. The Morgan fingerprint density at radius 2 is 1.50 bits per heavy atom. The highest BCUT2D eigenvalue weighted by Crippen LogP contribution is 2.27. The highest BCUT2D eigenvalue weighted by Gasteiger charge is 2.19. The van der Waals surface area contributed by atoms with Gasteiger partial charge in [-0.05, 0) is 55.3 Å². The fourth-order valence-corrected chi connectivity index (χ4v) is 3.35. The van der Waals surface area contributed by atoms with Gasteiger partial charge in [0.15, 0.2) is 0 Å². The molecule has 0 radical (unpaired) electrons. The number of hydrogen-bond donors (Lipinski definition) is 0. The van der Waals surface area contributed by atoms with Crippen molar-refractivity contribution in [2.45, 2.75) is 19.9 Å². The SMILES string of the molecule is Cc1ccccc1-c1nnc(-c2ccc(C(=O)N(C)[C@@H](C)c3ccccc3)cc2)o1. The Balaban J connectivity index is 1.52. The summed E-state index contributed by atoms with van der Waals surface area (Å²) in [4.78, 5) is 14.7. The van der Waals surface area contributed by atoms with Gasteiger partial charge in [0.1, 0.15) is 0 Å². The van der Waals surface area contributed by atoms with E-state index in [-0.39, 0.29) is 11.9 Å². The molecule has 1 atom stereocenters. The number of amides is 1. The molecule has 1 aromatic heterocycles. The summed E-state index contributed by atoms with van der Waals surface area (Å²) in [5.41, 5.74) is 4.48. The third-order valence-electron chi connectivity index (χ3n) is 5.36. The van der Waals surface area contributed by atoms with Crippen molar-refractivity contribution in [3.05, 3.63) is 95.6 Å². The lowest BCUT2D eigenvalue weighted by Crippen LogP contribution is -2.29. The zero-order chi connectivity index (χ0) is 21.1. The maximum absolute atomic E-state index is 12.9. The Morgan fingerprint density at radius 3 is 2.20 bits per heavy atom.